The second kappa shape index (κ2) is 7.81. The maximum Gasteiger partial charge on any atom is 0.433 e. The first-order chi connectivity index (χ1) is 13.0. The lowest BCUT2D eigenvalue weighted by molar-refractivity contribution is -0.402. The fourth-order valence-electron chi connectivity index (χ4n) is 2.64. The minimum atomic E-state index is -1.04. The van der Waals surface area contributed by atoms with E-state index in [1.807, 2.05) is 4.90 Å². The van der Waals surface area contributed by atoms with Crippen molar-refractivity contribution in [2.45, 2.75) is 13.0 Å². The number of aromatic nitrogens is 2. The molecule has 1 atom stereocenters. The Morgan fingerprint density at radius 3 is 2.48 bits per heavy atom. The molecular weight excluding hydrogens is 358 g/mol. The van der Waals surface area contributed by atoms with Crippen molar-refractivity contribution in [3.63, 3.8) is 0 Å². The number of carbonyl (C=O) groups excluding carboxylic acids is 2. The van der Waals surface area contributed by atoms with Gasteiger partial charge in [-0.1, -0.05) is 0 Å². The Bertz CT molecular complexity index is 831. The zero-order valence-electron chi connectivity index (χ0n) is 14.5. The number of anilines is 1. The van der Waals surface area contributed by atoms with Crippen molar-refractivity contribution >= 4 is 23.7 Å². The largest absolute Gasteiger partial charge is 0.447 e. The Morgan fingerprint density at radius 1 is 1.22 bits per heavy atom. The fourth-order valence-corrected chi connectivity index (χ4v) is 2.64. The maximum absolute atomic E-state index is 12.5. The molecule has 1 amide bonds. The zero-order chi connectivity index (χ0) is 19.4. The van der Waals surface area contributed by atoms with Crippen LogP contribution < -0.4 is 4.90 Å². The smallest absolute Gasteiger partial charge is 0.433 e. The topological polar surface area (TPSA) is 132 Å². The van der Waals surface area contributed by atoms with Gasteiger partial charge in [-0.3, -0.25) is 14.9 Å². The van der Waals surface area contributed by atoms with Gasteiger partial charge >= 0.3 is 11.9 Å². The number of carbonyl (C=O) groups is 2. The monoisotopic (exact) mass is 375 g/mol. The van der Waals surface area contributed by atoms with Gasteiger partial charge in [0.15, 0.2) is 6.10 Å². The van der Waals surface area contributed by atoms with Gasteiger partial charge in [-0.25, -0.2) is 14.8 Å². The van der Waals surface area contributed by atoms with Crippen molar-refractivity contribution in [3.8, 4) is 0 Å². The highest BCUT2D eigenvalue weighted by atomic mass is 16.7. The Kier molecular flexibility index (Phi) is 5.29. The van der Waals surface area contributed by atoms with Gasteiger partial charge in [-0.05, 0) is 19.1 Å². The number of amides is 1. The first-order valence-electron chi connectivity index (χ1n) is 8.21. The number of esters is 1. The average Bonchev–Trinajstić information content (AvgIpc) is 3.19. The summed E-state index contributed by atoms with van der Waals surface area (Å²) >= 11 is 0. The van der Waals surface area contributed by atoms with Crippen molar-refractivity contribution in [1.82, 2.24) is 14.9 Å². The molecule has 1 aliphatic rings. The molecule has 1 unspecified atom stereocenters. The van der Waals surface area contributed by atoms with Crippen LogP contribution >= 0.6 is 0 Å². The molecule has 1 aliphatic heterocycles. The van der Waals surface area contributed by atoms with Crippen molar-refractivity contribution in [2.75, 3.05) is 31.1 Å². The Labute approximate surface area is 153 Å². The Balaban J connectivity index is 1.53. The summed E-state index contributed by atoms with van der Waals surface area (Å²) in [5, 5.41) is 10.6. The number of nitro groups is 1. The van der Waals surface area contributed by atoms with Gasteiger partial charge in [-0.15, -0.1) is 0 Å². The molecular formula is C16H17N5O6. The van der Waals surface area contributed by atoms with E-state index in [-0.39, 0.29) is 11.7 Å². The summed E-state index contributed by atoms with van der Waals surface area (Å²) in [4.78, 5) is 46.2. The number of furan rings is 1. The molecule has 0 N–H and O–H groups in total. The molecule has 2 aromatic heterocycles. The fraction of sp³-hybridized carbons (Fsp3) is 0.375. The molecule has 142 valence electrons. The van der Waals surface area contributed by atoms with Crippen LogP contribution in [0.25, 0.3) is 0 Å². The van der Waals surface area contributed by atoms with Crippen LogP contribution in [-0.2, 0) is 9.53 Å². The number of hydrogen-bond donors (Lipinski definition) is 0. The normalized spacial score (nSPS) is 15.3. The van der Waals surface area contributed by atoms with Crippen molar-refractivity contribution in [3.05, 3.63) is 46.5 Å². The predicted octanol–water partition coefficient (Wildman–Crippen LogP) is 0.872. The first kappa shape index (κ1) is 18.3. The van der Waals surface area contributed by atoms with Crippen LogP contribution in [0, 0.1) is 10.1 Å². The summed E-state index contributed by atoms with van der Waals surface area (Å²) in [6.45, 7) is 3.43. The molecule has 1 saturated heterocycles. The SMILES string of the molecule is CC(OC(=O)c1ccc([N+](=O)[O-])o1)C(=O)N1CCN(c2ncccn2)CC1. The number of hydrogen-bond acceptors (Lipinski definition) is 9. The molecule has 3 heterocycles. The molecule has 3 rings (SSSR count). The molecule has 0 aromatic carbocycles. The van der Waals surface area contributed by atoms with E-state index in [0.29, 0.717) is 32.1 Å². The molecule has 1 fully saturated rings. The van der Waals surface area contributed by atoms with Gasteiger partial charge in [0.05, 0.1) is 6.07 Å². The molecule has 0 saturated carbocycles. The Hall–Kier alpha value is -3.50. The van der Waals surface area contributed by atoms with Gasteiger partial charge in [0.1, 0.15) is 4.92 Å². The van der Waals surface area contributed by atoms with E-state index in [1.165, 1.54) is 6.92 Å². The molecule has 11 nitrogen and oxygen atoms in total. The third kappa shape index (κ3) is 4.19. The minimum absolute atomic E-state index is 0.326. The van der Waals surface area contributed by atoms with Crippen molar-refractivity contribution < 1.29 is 23.7 Å². The van der Waals surface area contributed by atoms with Crippen LogP contribution in [0.2, 0.25) is 0 Å². The van der Waals surface area contributed by atoms with E-state index in [4.69, 9.17) is 9.15 Å². The van der Waals surface area contributed by atoms with Crippen LogP contribution in [-0.4, -0.2) is 64.0 Å². The lowest BCUT2D eigenvalue weighted by Gasteiger charge is -2.35. The van der Waals surface area contributed by atoms with E-state index in [1.54, 1.807) is 23.4 Å². The number of ether oxygens (including phenoxy) is 1. The van der Waals surface area contributed by atoms with E-state index in [2.05, 4.69) is 9.97 Å². The van der Waals surface area contributed by atoms with Gasteiger partial charge in [0, 0.05) is 38.6 Å². The van der Waals surface area contributed by atoms with Gasteiger partial charge in [0.25, 0.3) is 5.91 Å². The summed E-state index contributed by atoms with van der Waals surface area (Å²) < 4.78 is 9.85. The first-order valence-corrected chi connectivity index (χ1v) is 8.21. The van der Waals surface area contributed by atoms with Gasteiger partial charge < -0.3 is 19.0 Å². The van der Waals surface area contributed by atoms with E-state index in [9.17, 15) is 19.7 Å². The van der Waals surface area contributed by atoms with Crippen molar-refractivity contribution in [1.29, 1.82) is 0 Å². The number of piperazine rings is 1. The standard InChI is InChI=1S/C16H17N5O6/c1-11(26-15(23)12-3-4-13(27-12)21(24)25)14(22)19-7-9-20(10-8-19)16-17-5-2-6-18-16/h2-6,11H,7-10H2,1H3. The highest BCUT2D eigenvalue weighted by Gasteiger charge is 2.29. The summed E-state index contributed by atoms with van der Waals surface area (Å²) in [6.07, 6.45) is 2.27. The molecule has 27 heavy (non-hydrogen) atoms. The van der Waals surface area contributed by atoms with E-state index in [0.717, 1.165) is 12.1 Å². The summed E-state index contributed by atoms with van der Waals surface area (Å²) in [5.74, 6) is -1.57. The highest BCUT2D eigenvalue weighted by Crippen LogP contribution is 2.17. The molecule has 0 aliphatic carbocycles. The molecule has 0 radical (unpaired) electrons. The second-order valence-electron chi connectivity index (χ2n) is 5.80. The highest BCUT2D eigenvalue weighted by molar-refractivity contribution is 5.90. The van der Waals surface area contributed by atoms with Crippen LogP contribution in [0.4, 0.5) is 11.8 Å². The lowest BCUT2D eigenvalue weighted by Crippen LogP contribution is -2.52. The summed E-state index contributed by atoms with van der Waals surface area (Å²) in [6, 6.07) is 3.91. The zero-order valence-corrected chi connectivity index (χ0v) is 14.5. The third-order valence-corrected chi connectivity index (χ3v) is 4.03. The van der Waals surface area contributed by atoms with Gasteiger partial charge in [0.2, 0.25) is 11.7 Å². The van der Waals surface area contributed by atoms with Crippen molar-refractivity contribution in [2.24, 2.45) is 0 Å². The van der Waals surface area contributed by atoms with E-state index >= 15 is 0 Å². The van der Waals surface area contributed by atoms with Crippen LogP contribution in [0.5, 0.6) is 0 Å². The van der Waals surface area contributed by atoms with E-state index < -0.39 is 22.9 Å². The molecule has 0 spiro atoms. The molecule has 0 bridgehead atoms. The average molecular weight is 375 g/mol. The summed E-state index contributed by atoms with van der Waals surface area (Å²) in [5.41, 5.74) is 0. The van der Waals surface area contributed by atoms with Crippen LogP contribution in [0.15, 0.2) is 35.0 Å². The second-order valence-corrected chi connectivity index (χ2v) is 5.80. The van der Waals surface area contributed by atoms with Gasteiger partial charge in [-0.2, -0.15) is 0 Å². The Morgan fingerprint density at radius 2 is 1.89 bits per heavy atom. The van der Waals surface area contributed by atoms with Crippen LogP contribution in [0.3, 0.4) is 0 Å². The number of nitrogens with zero attached hydrogens (tertiary/aromatic N) is 5. The lowest BCUT2D eigenvalue weighted by atomic mass is 10.2. The molecule has 2 aromatic rings. The third-order valence-electron chi connectivity index (χ3n) is 4.03. The van der Waals surface area contributed by atoms with Crippen LogP contribution in [0.1, 0.15) is 17.5 Å². The predicted molar refractivity (Wildman–Crippen MR) is 91.1 cm³/mol. The quantitative estimate of drug-likeness (QED) is 0.424. The number of rotatable bonds is 5. The summed E-state index contributed by atoms with van der Waals surface area (Å²) in [7, 11) is 0. The molecule has 11 heteroatoms. The minimum Gasteiger partial charge on any atom is -0.447 e. The maximum atomic E-state index is 12.5.